The van der Waals surface area contributed by atoms with Crippen LogP contribution in [-0.2, 0) is 14.6 Å². The Labute approximate surface area is 224 Å². The van der Waals surface area contributed by atoms with Gasteiger partial charge in [-0.2, -0.15) is 0 Å². The second kappa shape index (κ2) is 9.17. The fourth-order valence-electron chi connectivity index (χ4n) is 7.82. The summed E-state index contributed by atoms with van der Waals surface area (Å²) in [6.07, 6.45) is 13.1. The summed E-state index contributed by atoms with van der Waals surface area (Å²) in [5, 5.41) is 0. The summed E-state index contributed by atoms with van der Waals surface area (Å²) in [4.78, 5) is 4.21. The number of rotatable bonds is 5. The van der Waals surface area contributed by atoms with Gasteiger partial charge in [-0.15, -0.1) is 0 Å². The molecule has 1 fully saturated rings. The van der Waals surface area contributed by atoms with Gasteiger partial charge in [0.15, 0.2) is 14.0 Å². The lowest BCUT2D eigenvalue weighted by molar-refractivity contribution is -0.0126. The normalized spacial score (nSPS) is 35.1. The van der Waals surface area contributed by atoms with Crippen LogP contribution < -0.4 is 0 Å². The molecule has 0 N–H and O–H groups in total. The quantitative estimate of drug-likeness (QED) is 0.210. The summed E-state index contributed by atoms with van der Waals surface area (Å²) >= 11 is 3.50. The van der Waals surface area contributed by atoms with Gasteiger partial charge in [-0.1, -0.05) is 59.6 Å². The molecule has 4 aliphatic carbocycles. The minimum Gasteiger partial charge on any atom is -0.501 e. The van der Waals surface area contributed by atoms with Gasteiger partial charge in [-0.05, 0) is 91.4 Å². The molecule has 36 heavy (non-hydrogen) atoms. The van der Waals surface area contributed by atoms with Crippen molar-refractivity contribution in [1.82, 2.24) is 0 Å². The van der Waals surface area contributed by atoms with Crippen molar-refractivity contribution >= 4 is 25.8 Å². The number of benzene rings is 1. The zero-order chi connectivity index (χ0) is 25.9. The molecule has 7 atom stereocenters. The lowest BCUT2D eigenvalue weighted by Crippen LogP contribution is -2.49. The molecular weight excluding hydrogens is 534 g/mol. The van der Waals surface area contributed by atoms with E-state index < -0.39 is 20.0 Å². The predicted octanol–water partition coefficient (Wildman–Crippen LogP) is 7.42. The standard InChI is InChI=1S/C30H36BrNO3S/c1-19-6-9-22(10-7-19)36(33,34)28(31)27(32-4)26-13-12-24-23-11-8-20-18-21(35-5)14-16-29(20,2)25(23)15-17-30(24,26)3/h6-10,13,18,23-25,27-28H,11-12,14-17H2,1-3,5H3/t23-,24-,25-,27?,28?,29-,30-/m0/s1. The molecule has 0 heterocycles. The number of hydrogen-bond acceptors (Lipinski definition) is 3. The van der Waals surface area contributed by atoms with Gasteiger partial charge in [0, 0.05) is 12.0 Å². The Morgan fingerprint density at radius 3 is 2.47 bits per heavy atom. The van der Waals surface area contributed by atoms with E-state index in [1.54, 1.807) is 19.2 Å². The van der Waals surface area contributed by atoms with Crippen LogP contribution in [0.25, 0.3) is 4.85 Å². The van der Waals surface area contributed by atoms with Crippen LogP contribution in [0.3, 0.4) is 0 Å². The van der Waals surface area contributed by atoms with Crippen LogP contribution in [0, 0.1) is 42.1 Å². The van der Waals surface area contributed by atoms with E-state index in [0.717, 1.165) is 55.4 Å². The number of methoxy groups -OCH3 is 1. The Bertz CT molecular complexity index is 1290. The van der Waals surface area contributed by atoms with Crippen molar-refractivity contribution in [3.8, 4) is 0 Å². The average molecular weight is 571 g/mol. The Hall–Kier alpha value is -1.84. The SMILES string of the molecule is [C-]#[N+]C(C1=CC[C@H]2[C@@H]3CC=C4C=C(OC)CC[C@]4(C)[C@H]3CC[C@]12C)C(Br)S(=O)(=O)c1ccc(C)cc1. The third-order valence-electron chi connectivity index (χ3n) is 9.99. The molecule has 0 aromatic heterocycles. The highest BCUT2D eigenvalue weighted by Gasteiger charge is 2.59. The van der Waals surface area contributed by atoms with Crippen molar-refractivity contribution in [2.75, 3.05) is 7.11 Å². The molecule has 5 rings (SSSR count). The Morgan fingerprint density at radius 1 is 1.08 bits per heavy atom. The predicted molar refractivity (Wildman–Crippen MR) is 147 cm³/mol. The van der Waals surface area contributed by atoms with Gasteiger partial charge in [-0.3, -0.25) is 0 Å². The van der Waals surface area contributed by atoms with Crippen molar-refractivity contribution in [3.05, 3.63) is 76.4 Å². The topological polar surface area (TPSA) is 47.7 Å². The van der Waals surface area contributed by atoms with Crippen molar-refractivity contribution in [3.63, 3.8) is 0 Å². The number of fused-ring (bicyclic) bond motifs is 5. The van der Waals surface area contributed by atoms with Gasteiger partial charge < -0.3 is 9.58 Å². The second-order valence-electron chi connectivity index (χ2n) is 11.6. The lowest BCUT2D eigenvalue weighted by Gasteiger charge is -2.56. The molecule has 0 radical (unpaired) electrons. The maximum absolute atomic E-state index is 13.5. The van der Waals surface area contributed by atoms with Gasteiger partial charge in [0.1, 0.15) is 0 Å². The van der Waals surface area contributed by atoms with E-state index in [9.17, 15) is 8.42 Å². The van der Waals surface area contributed by atoms with E-state index in [1.165, 1.54) is 5.57 Å². The van der Waals surface area contributed by atoms with Crippen LogP contribution in [0.1, 0.15) is 57.9 Å². The highest BCUT2D eigenvalue weighted by atomic mass is 79.9. The molecule has 192 valence electrons. The van der Waals surface area contributed by atoms with Gasteiger partial charge >= 0.3 is 0 Å². The monoisotopic (exact) mass is 569 g/mol. The maximum atomic E-state index is 13.5. The van der Waals surface area contributed by atoms with E-state index in [1.807, 2.05) is 19.1 Å². The Balaban J connectivity index is 1.43. The molecule has 0 saturated heterocycles. The largest absolute Gasteiger partial charge is 0.501 e. The summed E-state index contributed by atoms with van der Waals surface area (Å²) in [6.45, 7) is 14.7. The van der Waals surface area contributed by atoms with Crippen LogP contribution in [0.15, 0.2) is 64.3 Å². The molecule has 0 spiro atoms. The smallest absolute Gasteiger partial charge is 0.272 e. The first-order valence-corrected chi connectivity index (χ1v) is 15.5. The van der Waals surface area contributed by atoms with Crippen LogP contribution in [0.5, 0.6) is 0 Å². The maximum Gasteiger partial charge on any atom is 0.272 e. The van der Waals surface area contributed by atoms with Crippen molar-refractivity contribution in [2.45, 2.75) is 74.4 Å². The highest BCUT2D eigenvalue weighted by Crippen LogP contribution is 2.65. The molecule has 0 bridgehead atoms. The van der Waals surface area contributed by atoms with E-state index in [0.29, 0.717) is 17.8 Å². The van der Waals surface area contributed by atoms with Gasteiger partial charge in [-0.25, -0.2) is 15.0 Å². The first-order valence-electron chi connectivity index (χ1n) is 13.0. The molecule has 1 saturated carbocycles. The number of sulfone groups is 1. The van der Waals surface area contributed by atoms with Crippen LogP contribution in [0.4, 0.5) is 0 Å². The summed E-state index contributed by atoms with van der Waals surface area (Å²) in [5.74, 6) is 2.69. The van der Waals surface area contributed by atoms with Crippen LogP contribution >= 0.6 is 15.9 Å². The highest BCUT2D eigenvalue weighted by molar-refractivity contribution is 9.11. The molecule has 1 aromatic rings. The Morgan fingerprint density at radius 2 is 1.81 bits per heavy atom. The van der Waals surface area contributed by atoms with Crippen LogP contribution in [-0.4, -0.2) is 25.7 Å². The number of nitrogens with zero attached hydrogens (tertiary/aromatic N) is 1. The Kier molecular flexibility index (Phi) is 6.57. The van der Waals surface area contributed by atoms with Crippen molar-refractivity contribution < 1.29 is 13.2 Å². The number of halogens is 1. The molecule has 6 heteroatoms. The van der Waals surface area contributed by atoms with E-state index in [-0.39, 0.29) is 15.7 Å². The first kappa shape index (κ1) is 25.8. The summed E-state index contributed by atoms with van der Waals surface area (Å²) in [7, 11) is -1.93. The third kappa shape index (κ3) is 3.84. The summed E-state index contributed by atoms with van der Waals surface area (Å²) in [5.41, 5.74) is 3.50. The number of allylic oxidation sites excluding steroid dienone is 5. The van der Waals surface area contributed by atoms with Crippen LogP contribution in [0.2, 0.25) is 0 Å². The van der Waals surface area contributed by atoms with Gasteiger partial charge in [0.2, 0.25) is 0 Å². The van der Waals surface area contributed by atoms with Gasteiger partial charge in [0.05, 0.1) is 17.8 Å². The third-order valence-corrected chi connectivity index (χ3v) is 13.7. The molecule has 0 amide bonds. The average Bonchev–Trinajstić information content (AvgIpc) is 3.21. The summed E-state index contributed by atoms with van der Waals surface area (Å²) in [6, 6.07) is 6.20. The van der Waals surface area contributed by atoms with Gasteiger partial charge in [0.25, 0.3) is 6.04 Å². The zero-order valence-corrected chi connectivity index (χ0v) is 24.0. The molecule has 4 nitrogen and oxygen atoms in total. The van der Waals surface area contributed by atoms with Crippen molar-refractivity contribution in [1.29, 1.82) is 0 Å². The zero-order valence-electron chi connectivity index (χ0n) is 21.6. The molecule has 2 unspecified atom stereocenters. The number of alkyl halides is 1. The minimum absolute atomic E-state index is 0.144. The molecular formula is C30H36BrNO3S. The van der Waals surface area contributed by atoms with E-state index in [4.69, 9.17) is 11.3 Å². The number of aryl methyl sites for hydroxylation is 1. The fourth-order valence-corrected chi connectivity index (χ4v) is 10.2. The van der Waals surface area contributed by atoms with E-state index >= 15 is 0 Å². The lowest BCUT2D eigenvalue weighted by atomic mass is 9.48. The second-order valence-corrected chi connectivity index (χ2v) is 15.3. The molecule has 0 aliphatic heterocycles. The molecule has 4 aliphatic rings. The fraction of sp³-hybridized carbons (Fsp3) is 0.567. The first-order chi connectivity index (χ1) is 17.1. The van der Waals surface area contributed by atoms with Crippen molar-refractivity contribution in [2.24, 2.45) is 28.6 Å². The minimum atomic E-state index is -3.69. The van der Waals surface area contributed by atoms with E-state index in [2.05, 4.69) is 52.9 Å². The number of ether oxygens (including phenoxy) is 1. The molecule has 1 aromatic carbocycles. The number of hydrogen-bond donors (Lipinski definition) is 0. The summed E-state index contributed by atoms with van der Waals surface area (Å²) < 4.78 is 31.6.